The van der Waals surface area contributed by atoms with Crippen LogP contribution >= 0.6 is 11.6 Å². The van der Waals surface area contributed by atoms with Crippen LogP contribution in [0.25, 0.3) is 33.1 Å². The zero-order chi connectivity index (χ0) is 21.0. The second-order valence-corrected chi connectivity index (χ2v) is 7.52. The van der Waals surface area contributed by atoms with Crippen molar-refractivity contribution in [3.63, 3.8) is 0 Å². The third-order valence-corrected chi connectivity index (χ3v) is 5.44. The van der Waals surface area contributed by atoms with E-state index in [0.29, 0.717) is 28.3 Å². The molecular formula is C20H12ClF3N6. The van der Waals surface area contributed by atoms with E-state index < -0.39 is 17.8 Å². The molecule has 10 heteroatoms. The van der Waals surface area contributed by atoms with Crippen molar-refractivity contribution >= 4 is 23.1 Å². The van der Waals surface area contributed by atoms with Gasteiger partial charge >= 0.3 is 0 Å². The van der Waals surface area contributed by atoms with E-state index >= 15 is 0 Å². The molecule has 0 bridgehead atoms. The molecule has 4 aromatic rings. The number of nitrogens with zero attached hydrogens (tertiary/aromatic N) is 6. The third kappa shape index (κ3) is 2.92. The van der Waals surface area contributed by atoms with Crippen LogP contribution in [0.4, 0.5) is 19.0 Å². The number of benzene rings is 1. The average Bonchev–Trinajstić information content (AvgIpc) is 3.31. The molecule has 3 aromatic heterocycles. The molecule has 3 heterocycles. The molecule has 150 valence electrons. The van der Waals surface area contributed by atoms with Crippen molar-refractivity contribution in [1.82, 2.24) is 24.1 Å². The van der Waals surface area contributed by atoms with Gasteiger partial charge in [0.05, 0.1) is 28.9 Å². The third-order valence-electron chi connectivity index (χ3n) is 5.15. The molecule has 30 heavy (non-hydrogen) atoms. The van der Waals surface area contributed by atoms with Crippen LogP contribution < -0.4 is 0 Å². The Balaban J connectivity index is 1.71. The maximum absolute atomic E-state index is 13.7. The van der Waals surface area contributed by atoms with Crippen LogP contribution in [0.3, 0.4) is 0 Å². The molecule has 0 amide bonds. The topological polar surface area (TPSA) is 52.4 Å². The maximum atomic E-state index is 13.7. The van der Waals surface area contributed by atoms with Gasteiger partial charge in [-0.1, -0.05) is 23.3 Å². The highest BCUT2D eigenvalue weighted by molar-refractivity contribution is 6.31. The van der Waals surface area contributed by atoms with Crippen molar-refractivity contribution in [2.75, 3.05) is 0 Å². The number of hydrogen-bond donors (Lipinski definition) is 0. The van der Waals surface area contributed by atoms with Crippen molar-refractivity contribution in [2.24, 2.45) is 0 Å². The highest BCUT2D eigenvalue weighted by atomic mass is 35.5. The average molecular weight is 429 g/mol. The second-order valence-electron chi connectivity index (χ2n) is 7.11. The van der Waals surface area contributed by atoms with Crippen LogP contribution in [0.1, 0.15) is 18.9 Å². The summed E-state index contributed by atoms with van der Waals surface area (Å²) in [6.45, 7) is 7.27. The van der Waals surface area contributed by atoms with Crippen LogP contribution in [0.5, 0.6) is 0 Å². The monoisotopic (exact) mass is 428 g/mol. The van der Waals surface area contributed by atoms with E-state index in [1.165, 1.54) is 35.2 Å². The first-order chi connectivity index (χ1) is 14.4. The quantitative estimate of drug-likeness (QED) is 0.401. The minimum Gasteiger partial charge on any atom is -0.360 e. The van der Waals surface area contributed by atoms with Crippen LogP contribution in [0, 0.1) is 12.4 Å². The fourth-order valence-corrected chi connectivity index (χ4v) is 3.82. The molecule has 1 fully saturated rings. The summed E-state index contributed by atoms with van der Waals surface area (Å²) in [6, 6.07) is 7.10. The molecule has 0 unspecified atom stereocenters. The predicted octanol–water partition coefficient (Wildman–Crippen LogP) is 5.57. The lowest BCUT2D eigenvalue weighted by Gasteiger charge is -2.36. The van der Waals surface area contributed by atoms with Gasteiger partial charge in [-0.25, -0.2) is 23.1 Å². The van der Waals surface area contributed by atoms with Crippen LogP contribution in [-0.4, -0.2) is 30.1 Å². The van der Waals surface area contributed by atoms with Crippen molar-refractivity contribution in [2.45, 2.75) is 24.8 Å². The molecule has 1 aliphatic rings. The van der Waals surface area contributed by atoms with Crippen molar-refractivity contribution in [1.29, 1.82) is 0 Å². The van der Waals surface area contributed by atoms with Crippen LogP contribution in [0.15, 0.2) is 42.9 Å². The zero-order valence-corrected chi connectivity index (χ0v) is 16.0. The number of halogens is 4. The fourth-order valence-electron chi connectivity index (χ4n) is 3.64. The molecule has 0 atom stereocenters. The number of aromatic nitrogens is 5. The van der Waals surface area contributed by atoms with E-state index in [0.717, 1.165) is 0 Å². The summed E-state index contributed by atoms with van der Waals surface area (Å²) in [6.07, 6.45) is 2.28. The van der Waals surface area contributed by atoms with E-state index in [1.807, 2.05) is 0 Å². The molecule has 1 aliphatic carbocycles. The predicted molar refractivity (Wildman–Crippen MR) is 104 cm³/mol. The van der Waals surface area contributed by atoms with E-state index in [1.54, 1.807) is 16.7 Å². The molecule has 0 spiro atoms. The Bertz CT molecular complexity index is 1330. The largest absolute Gasteiger partial charge is 0.360 e. The molecule has 0 saturated heterocycles. The van der Waals surface area contributed by atoms with Crippen LogP contribution in [0.2, 0.25) is 5.02 Å². The molecule has 0 aliphatic heterocycles. The van der Waals surface area contributed by atoms with Crippen molar-refractivity contribution in [3.8, 4) is 22.6 Å². The number of hydrogen-bond acceptors (Lipinski definition) is 3. The Morgan fingerprint density at radius 2 is 1.97 bits per heavy atom. The summed E-state index contributed by atoms with van der Waals surface area (Å²) in [7, 11) is 0. The van der Waals surface area contributed by atoms with Crippen molar-refractivity contribution < 1.29 is 13.2 Å². The molecule has 0 radical (unpaired) electrons. The van der Waals surface area contributed by atoms with Gasteiger partial charge in [-0.05, 0) is 24.3 Å². The fraction of sp³-hybridized carbons (Fsp3) is 0.200. The summed E-state index contributed by atoms with van der Waals surface area (Å²) in [5, 5.41) is 4.42. The summed E-state index contributed by atoms with van der Waals surface area (Å²) < 4.78 is 43.8. The Morgan fingerprint density at radius 1 is 1.17 bits per heavy atom. The zero-order valence-electron chi connectivity index (χ0n) is 15.2. The first-order valence-corrected chi connectivity index (χ1v) is 9.37. The number of alkyl halides is 2. The van der Waals surface area contributed by atoms with Gasteiger partial charge in [-0.3, -0.25) is 0 Å². The summed E-state index contributed by atoms with van der Waals surface area (Å²) in [5.41, 5.74) is 2.36. The van der Waals surface area contributed by atoms with E-state index in [4.69, 9.17) is 18.2 Å². The van der Waals surface area contributed by atoms with Crippen molar-refractivity contribution in [3.05, 3.63) is 65.1 Å². The SMILES string of the molecule is [C-]#[N+]c1cnc2ccc(-c3c(-c4ccc(F)c(Cl)c4)ncn3C3CC(F)(F)C3)nn12. The van der Waals surface area contributed by atoms with Gasteiger partial charge < -0.3 is 9.41 Å². The Morgan fingerprint density at radius 3 is 2.67 bits per heavy atom. The van der Waals surface area contributed by atoms with E-state index in [9.17, 15) is 13.2 Å². The molecule has 1 saturated carbocycles. The molecule has 5 rings (SSSR count). The summed E-state index contributed by atoms with van der Waals surface area (Å²) in [4.78, 5) is 11.9. The lowest BCUT2D eigenvalue weighted by atomic mass is 9.87. The van der Waals surface area contributed by atoms with Gasteiger partial charge in [0.15, 0.2) is 0 Å². The van der Waals surface area contributed by atoms with Gasteiger partial charge in [-0.2, -0.15) is 0 Å². The number of imidazole rings is 2. The number of fused-ring (bicyclic) bond motifs is 1. The Kier molecular flexibility index (Phi) is 4.08. The van der Waals surface area contributed by atoms with Gasteiger partial charge in [0.1, 0.15) is 11.5 Å². The lowest BCUT2D eigenvalue weighted by molar-refractivity contribution is -0.103. The van der Waals surface area contributed by atoms with E-state index in [2.05, 4.69) is 19.9 Å². The number of rotatable bonds is 3. The summed E-state index contributed by atoms with van der Waals surface area (Å²) in [5.74, 6) is -3.07. The molecule has 1 aromatic carbocycles. The normalized spacial score (nSPS) is 15.8. The van der Waals surface area contributed by atoms with Gasteiger partial charge in [0.2, 0.25) is 5.65 Å². The highest BCUT2D eigenvalue weighted by Gasteiger charge is 2.47. The first kappa shape index (κ1) is 18.6. The smallest absolute Gasteiger partial charge is 0.275 e. The Labute approximate surface area is 173 Å². The van der Waals surface area contributed by atoms with E-state index in [-0.39, 0.29) is 23.7 Å². The molecule has 6 nitrogen and oxygen atoms in total. The maximum Gasteiger partial charge on any atom is 0.275 e. The van der Waals surface area contributed by atoms with Crippen LogP contribution in [-0.2, 0) is 0 Å². The second kappa shape index (κ2) is 6.57. The minimum atomic E-state index is -2.72. The van der Waals surface area contributed by atoms with Gasteiger partial charge in [-0.15, -0.1) is 4.52 Å². The van der Waals surface area contributed by atoms with Gasteiger partial charge in [0, 0.05) is 30.5 Å². The standard InChI is InChI=1S/C20H12ClF3N6/c1-25-17-9-26-16-5-4-15(28-30(16)17)19-18(11-2-3-14(22)13(21)6-11)27-10-29(19)12-7-20(23,24)8-12/h2-6,9-10,12H,7-8H2. The van der Waals surface area contributed by atoms with Gasteiger partial charge in [0.25, 0.3) is 11.7 Å². The first-order valence-electron chi connectivity index (χ1n) is 8.99. The highest BCUT2D eigenvalue weighted by Crippen LogP contribution is 2.48. The Hall–Kier alpha value is -3.38. The lowest BCUT2D eigenvalue weighted by Crippen LogP contribution is -2.37. The molecular weight excluding hydrogens is 417 g/mol. The minimum absolute atomic E-state index is 0.0727. The summed E-state index contributed by atoms with van der Waals surface area (Å²) >= 11 is 5.94. The molecule has 0 N–H and O–H groups in total.